The predicted molar refractivity (Wildman–Crippen MR) is 113 cm³/mol. The zero-order valence-corrected chi connectivity index (χ0v) is 17.3. The third-order valence-corrected chi connectivity index (χ3v) is 7.05. The number of likely N-dealkylation sites (tertiary alicyclic amines) is 1. The van der Waals surface area contributed by atoms with E-state index in [0.29, 0.717) is 18.3 Å². The Labute approximate surface area is 175 Å². The summed E-state index contributed by atoms with van der Waals surface area (Å²) in [7, 11) is 1.97. The van der Waals surface area contributed by atoms with Crippen LogP contribution in [0, 0.1) is 17.2 Å². The molecule has 0 bridgehead atoms. The maximum absolute atomic E-state index is 13.7. The average molecular weight is 414 g/mol. The van der Waals surface area contributed by atoms with Gasteiger partial charge in [0.25, 0.3) is 0 Å². The van der Waals surface area contributed by atoms with Gasteiger partial charge in [-0.1, -0.05) is 24.1 Å². The van der Waals surface area contributed by atoms with Crippen LogP contribution in [0.15, 0.2) is 42.6 Å². The van der Waals surface area contributed by atoms with Crippen LogP contribution in [-0.4, -0.2) is 34.4 Å². The molecule has 1 aliphatic heterocycles. The highest BCUT2D eigenvalue weighted by Gasteiger charge is 2.49. The summed E-state index contributed by atoms with van der Waals surface area (Å²) < 4.78 is 21.7. The molecule has 1 aliphatic carbocycles. The molecule has 4 nitrogen and oxygen atoms in total. The van der Waals surface area contributed by atoms with E-state index in [1.165, 1.54) is 36.3 Å². The maximum Gasteiger partial charge on any atom is 0.145 e. The van der Waals surface area contributed by atoms with Gasteiger partial charge in [0.1, 0.15) is 11.6 Å². The Hall–Kier alpha value is -2.11. The van der Waals surface area contributed by atoms with E-state index in [2.05, 4.69) is 28.2 Å². The van der Waals surface area contributed by atoms with Crippen LogP contribution in [0.4, 0.5) is 4.39 Å². The highest BCUT2D eigenvalue weighted by molar-refractivity contribution is 6.30. The molecule has 0 spiro atoms. The van der Waals surface area contributed by atoms with Gasteiger partial charge in [-0.05, 0) is 48.6 Å². The average Bonchev–Trinajstić information content (AvgIpc) is 3.35. The number of ether oxygens (including phenoxy) is 1. The van der Waals surface area contributed by atoms with E-state index >= 15 is 0 Å². The summed E-state index contributed by atoms with van der Waals surface area (Å²) >= 11 is 5.79. The second kappa shape index (κ2) is 7.29. The first-order chi connectivity index (χ1) is 14.0. The topological polar surface area (TPSA) is 30.3 Å². The molecule has 1 saturated carbocycles. The van der Waals surface area contributed by atoms with E-state index in [1.54, 1.807) is 12.1 Å². The minimum atomic E-state index is -0.427. The lowest BCUT2D eigenvalue weighted by molar-refractivity contribution is 0.127. The molecule has 152 valence electrons. The van der Waals surface area contributed by atoms with E-state index in [9.17, 15) is 4.39 Å². The predicted octanol–water partition coefficient (Wildman–Crippen LogP) is 5.05. The Morgan fingerprint density at radius 1 is 1.28 bits per heavy atom. The smallest absolute Gasteiger partial charge is 0.145 e. The molecule has 0 radical (unpaired) electrons. The van der Waals surface area contributed by atoms with Gasteiger partial charge in [0.05, 0.1) is 23.3 Å². The Morgan fingerprint density at radius 3 is 3.03 bits per heavy atom. The number of aryl methyl sites for hydroxylation is 1. The van der Waals surface area contributed by atoms with Crippen LogP contribution in [0.3, 0.4) is 0 Å². The van der Waals surface area contributed by atoms with Gasteiger partial charge in [-0.3, -0.25) is 9.58 Å². The molecular weight excluding hydrogens is 389 g/mol. The molecule has 2 heterocycles. The second-order valence-electron chi connectivity index (χ2n) is 8.65. The van der Waals surface area contributed by atoms with E-state index in [0.717, 1.165) is 25.2 Å². The fourth-order valence-corrected chi connectivity index (χ4v) is 5.36. The van der Waals surface area contributed by atoms with Gasteiger partial charge in [0.15, 0.2) is 0 Å². The summed E-state index contributed by atoms with van der Waals surface area (Å²) in [4.78, 5) is 2.55. The highest BCUT2D eigenvalue weighted by Crippen LogP contribution is 2.49. The highest BCUT2D eigenvalue weighted by atomic mass is 35.5. The van der Waals surface area contributed by atoms with E-state index in [1.807, 2.05) is 17.9 Å². The number of benzene rings is 2. The lowest BCUT2D eigenvalue weighted by Gasteiger charge is -2.29. The third kappa shape index (κ3) is 3.51. The number of hydrogen-bond acceptors (Lipinski definition) is 3. The Morgan fingerprint density at radius 2 is 2.17 bits per heavy atom. The van der Waals surface area contributed by atoms with Crippen LogP contribution in [0.2, 0.25) is 5.02 Å². The van der Waals surface area contributed by atoms with Crippen molar-refractivity contribution >= 4 is 22.5 Å². The summed E-state index contributed by atoms with van der Waals surface area (Å²) in [6, 6.07) is 11.3. The summed E-state index contributed by atoms with van der Waals surface area (Å²) in [6.07, 6.45) is 5.60. The van der Waals surface area contributed by atoms with E-state index in [-0.39, 0.29) is 10.4 Å². The molecule has 2 atom stereocenters. The van der Waals surface area contributed by atoms with E-state index < -0.39 is 5.82 Å². The van der Waals surface area contributed by atoms with Crippen LogP contribution in [0.25, 0.3) is 10.9 Å². The van der Waals surface area contributed by atoms with Crippen molar-refractivity contribution in [2.24, 2.45) is 18.4 Å². The van der Waals surface area contributed by atoms with E-state index in [4.69, 9.17) is 16.3 Å². The summed E-state index contributed by atoms with van der Waals surface area (Å²) in [6.45, 7) is 3.71. The van der Waals surface area contributed by atoms with Gasteiger partial charge in [-0.25, -0.2) is 4.39 Å². The number of fused-ring (bicyclic) bond motifs is 2. The quantitative estimate of drug-likeness (QED) is 0.586. The van der Waals surface area contributed by atoms with Crippen molar-refractivity contribution in [1.29, 1.82) is 0 Å². The normalized spacial score (nSPS) is 24.3. The molecule has 6 heteroatoms. The Bertz CT molecular complexity index is 1050. The van der Waals surface area contributed by atoms with Gasteiger partial charge >= 0.3 is 0 Å². The van der Waals surface area contributed by atoms with Crippen LogP contribution < -0.4 is 4.74 Å². The summed E-state index contributed by atoms with van der Waals surface area (Å²) in [5.74, 6) is 0.776. The minimum absolute atomic E-state index is 0.131. The molecule has 0 N–H and O–H groups in total. The zero-order chi connectivity index (χ0) is 20.0. The molecule has 1 aromatic heterocycles. The third-order valence-electron chi connectivity index (χ3n) is 6.74. The molecule has 2 aliphatic rings. The maximum atomic E-state index is 13.7. The van der Waals surface area contributed by atoms with Crippen molar-refractivity contribution in [3.63, 3.8) is 0 Å². The van der Waals surface area contributed by atoms with Gasteiger partial charge in [-0.2, -0.15) is 5.10 Å². The standard InChI is InChI=1S/C23H25ClFN3O/c1-27-22-7-4-16(9-17(22)11-26-27)12-28-13-18-3-2-8-23(18,14-28)15-29-19-5-6-20(24)21(25)10-19/h4-7,9-11,18H,2-3,8,12-15H2,1H3. The van der Waals surface area contributed by atoms with Crippen LogP contribution in [0.5, 0.6) is 5.75 Å². The van der Waals surface area contributed by atoms with Gasteiger partial charge in [-0.15, -0.1) is 0 Å². The molecule has 0 amide bonds. The first-order valence-corrected chi connectivity index (χ1v) is 10.6. The van der Waals surface area contributed by atoms with Crippen LogP contribution in [-0.2, 0) is 13.6 Å². The van der Waals surface area contributed by atoms with Crippen molar-refractivity contribution in [1.82, 2.24) is 14.7 Å². The van der Waals surface area contributed by atoms with Crippen molar-refractivity contribution in [2.45, 2.75) is 25.8 Å². The first-order valence-electron chi connectivity index (χ1n) is 10.2. The van der Waals surface area contributed by atoms with Gasteiger partial charge in [0.2, 0.25) is 0 Å². The number of halogens is 2. The molecule has 1 saturated heterocycles. The zero-order valence-electron chi connectivity index (χ0n) is 16.6. The lowest BCUT2D eigenvalue weighted by atomic mass is 9.81. The second-order valence-corrected chi connectivity index (χ2v) is 9.05. The van der Waals surface area contributed by atoms with Crippen molar-refractivity contribution in [2.75, 3.05) is 19.7 Å². The largest absolute Gasteiger partial charge is 0.493 e. The van der Waals surface area contributed by atoms with Gasteiger partial charge in [0, 0.05) is 43.5 Å². The molecule has 5 rings (SSSR count). The number of nitrogens with zero attached hydrogens (tertiary/aromatic N) is 3. The number of hydrogen-bond donors (Lipinski definition) is 0. The fraction of sp³-hybridized carbons (Fsp3) is 0.435. The lowest BCUT2D eigenvalue weighted by Crippen LogP contribution is -2.33. The SMILES string of the molecule is Cn1ncc2cc(CN3CC4CCCC4(COc4ccc(Cl)c(F)c4)C3)ccc21. The van der Waals surface area contributed by atoms with Crippen LogP contribution >= 0.6 is 11.6 Å². The molecular formula is C23H25ClFN3O. The van der Waals surface area contributed by atoms with Gasteiger partial charge < -0.3 is 4.74 Å². The van der Waals surface area contributed by atoms with Crippen molar-refractivity contribution in [3.8, 4) is 5.75 Å². The van der Waals surface area contributed by atoms with Crippen molar-refractivity contribution in [3.05, 3.63) is 59.0 Å². The minimum Gasteiger partial charge on any atom is -0.493 e. The first kappa shape index (κ1) is 18.9. The molecule has 2 unspecified atom stereocenters. The fourth-order valence-electron chi connectivity index (χ4n) is 5.24. The molecule has 2 fully saturated rings. The Balaban J connectivity index is 1.28. The summed E-state index contributed by atoms with van der Waals surface area (Å²) in [5, 5.41) is 5.66. The number of aromatic nitrogens is 2. The summed E-state index contributed by atoms with van der Waals surface area (Å²) in [5.41, 5.74) is 2.64. The van der Waals surface area contributed by atoms with Crippen molar-refractivity contribution < 1.29 is 9.13 Å². The monoisotopic (exact) mass is 413 g/mol. The molecule has 29 heavy (non-hydrogen) atoms. The van der Waals surface area contributed by atoms with Crippen LogP contribution in [0.1, 0.15) is 24.8 Å². The Kier molecular flexibility index (Phi) is 4.75. The molecule has 2 aromatic carbocycles. The molecule has 3 aromatic rings. The number of rotatable bonds is 5.